The molecule has 5 nitrogen and oxygen atoms in total. The van der Waals surface area contributed by atoms with Gasteiger partial charge in [0, 0.05) is 11.6 Å². The molecule has 2 fully saturated rings. The first-order valence-electron chi connectivity index (χ1n) is 7.85. The maximum Gasteiger partial charge on any atom is 0.251 e. The molecule has 2 saturated heterocycles. The lowest BCUT2D eigenvalue weighted by molar-refractivity contribution is 0.0900. The number of piperidine rings is 1. The number of carbonyl (C=O) groups is 1. The second kappa shape index (κ2) is 6.38. The summed E-state index contributed by atoms with van der Waals surface area (Å²) in [6, 6.07) is 8.57. The van der Waals surface area contributed by atoms with Gasteiger partial charge in [-0.1, -0.05) is 24.6 Å². The van der Waals surface area contributed by atoms with Gasteiger partial charge in [0.2, 0.25) is 0 Å². The Bertz CT molecular complexity index is 624. The minimum absolute atomic E-state index is 0.0484. The molecule has 0 spiro atoms. The average molecular weight is 322 g/mol. The summed E-state index contributed by atoms with van der Waals surface area (Å²) in [4.78, 5) is 14.6. The lowest BCUT2D eigenvalue weighted by atomic mass is 10.0. The first kappa shape index (κ1) is 15.5. The van der Waals surface area contributed by atoms with Crippen LogP contribution >= 0.6 is 0 Å². The smallest absolute Gasteiger partial charge is 0.251 e. The average Bonchev–Trinajstić information content (AvgIpc) is 2.83. The zero-order valence-electron chi connectivity index (χ0n) is 12.6. The summed E-state index contributed by atoms with van der Waals surface area (Å²) in [6.45, 7) is 1.86. The van der Waals surface area contributed by atoms with E-state index >= 15 is 0 Å². The van der Waals surface area contributed by atoms with Gasteiger partial charge >= 0.3 is 0 Å². The second-order valence-corrected chi connectivity index (χ2v) is 8.34. The molecule has 1 aromatic carbocycles. The van der Waals surface area contributed by atoms with Crippen molar-refractivity contribution in [2.75, 3.05) is 24.6 Å². The fraction of sp³-hybridized carbons (Fsp3) is 0.562. The molecule has 0 aliphatic carbocycles. The van der Waals surface area contributed by atoms with Crippen LogP contribution in [0.1, 0.15) is 29.6 Å². The Balaban J connectivity index is 1.73. The van der Waals surface area contributed by atoms with Crippen LogP contribution in [-0.4, -0.2) is 55.9 Å². The van der Waals surface area contributed by atoms with E-state index in [2.05, 4.69) is 10.2 Å². The van der Waals surface area contributed by atoms with Gasteiger partial charge in [-0.2, -0.15) is 0 Å². The summed E-state index contributed by atoms with van der Waals surface area (Å²) < 4.78 is 24.1. The van der Waals surface area contributed by atoms with Crippen molar-refractivity contribution in [2.24, 2.45) is 0 Å². The number of rotatable bonds is 3. The van der Waals surface area contributed by atoms with Crippen LogP contribution in [0, 0.1) is 0 Å². The number of hydrogen-bond acceptors (Lipinski definition) is 4. The fourth-order valence-corrected chi connectivity index (χ4v) is 5.37. The van der Waals surface area contributed by atoms with Crippen molar-refractivity contribution in [1.82, 2.24) is 10.2 Å². The van der Waals surface area contributed by atoms with Crippen molar-refractivity contribution in [1.29, 1.82) is 0 Å². The van der Waals surface area contributed by atoms with Gasteiger partial charge in [-0.15, -0.1) is 0 Å². The highest BCUT2D eigenvalue weighted by atomic mass is 32.2. The number of nitrogens with zero attached hydrogens (tertiary/aromatic N) is 1. The third kappa shape index (κ3) is 3.50. The largest absolute Gasteiger partial charge is 0.347 e. The molecule has 2 atom stereocenters. The zero-order valence-corrected chi connectivity index (χ0v) is 13.4. The third-order valence-electron chi connectivity index (χ3n) is 4.53. The Labute approximate surface area is 131 Å². The predicted octanol–water partition coefficient (Wildman–Crippen LogP) is 1.07. The number of likely N-dealkylation sites (tertiary alicyclic amines) is 1. The molecule has 0 bridgehead atoms. The Morgan fingerprint density at radius 2 is 1.73 bits per heavy atom. The first-order chi connectivity index (χ1) is 10.6. The molecule has 120 valence electrons. The van der Waals surface area contributed by atoms with E-state index in [0.29, 0.717) is 5.56 Å². The van der Waals surface area contributed by atoms with Gasteiger partial charge in [0.25, 0.3) is 5.91 Å². The van der Waals surface area contributed by atoms with E-state index in [4.69, 9.17) is 0 Å². The van der Waals surface area contributed by atoms with E-state index in [1.807, 2.05) is 18.2 Å². The molecule has 2 unspecified atom stereocenters. The van der Waals surface area contributed by atoms with Crippen LogP contribution in [0.15, 0.2) is 30.3 Å². The summed E-state index contributed by atoms with van der Waals surface area (Å²) in [5, 5.41) is 2.94. The maximum atomic E-state index is 12.3. The maximum absolute atomic E-state index is 12.3. The lowest BCUT2D eigenvalue weighted by Crippen LogP contribution is -2.52. The highest BCUT2D eigenvalue weighted by Crippen LogP contribution is 2.22. The molecule has 1 N–H and O–H groups in total. The fourth-order valence-electron chi connectivity index (χ4n) is 3.42. The van der Waals surface area contributed by atoms with E-state index in [1.54, 1.807) is 12.1 Å². The van der Waals surface area contributed by atoms with E-state index in [1.165, 1.54) is 6.42 Å². The second-order valence-electron chi connectivity index (χ2n) is 6.19. The van der Waals surface area contributed by atoms with Gasteiger partial charge < -0.3 is 5.32 Å². The van der Waals surface area contributed by atoms with Crippen molar-refractivity contribution in [3.63, 3.8) is 0 Å². The summed E-state index contributed by atoms with van der Waals surface area (Å²) in [6.07, 6.45) is 3.42. The number of carbonyl (C=O) groups excluding carboxylic acids is 1. The summed E-state index contributed by atoms with van der Waals surface area (Å²) in [5.41, 5.74) is 0.573. The minimum Gasteiger partial charge on any atom is -0.347 e. The molecule has 0 radical (unpaired) electrons. The van der Waals surface area contributed by atoms with Gasteiger partial charge in [0.05, 0.1) is 17.5 Å². The van der Waals surface area contributed by atoms with E-state index in [-0.39, 0.29) is 29.5 Å². The van der Waals surface area contributed by atoms with Crippen molar-refractivity contribution >= 4 is 15.7 Å². The number of amides is 1. The summed E-state index contributed by atoms with van der Waals surface area (Å²) in [5.74, 6) is 0.0177. The third-order valence-corrected chi connectivity index (χ3v) is 6.25. The molecule has 0 saturated carbocycles. The van der Waals surface area contributed by atoms with Crippen LogP contribution in [-0.2, 0) is 9.84 Å². The van der Waals surface area contributed by atoms with Gasteiger partial charge in [-0.05, 0) is 38.1 Å². The molecular formula is C16H22N2O3S. The quantitative estimate of drug-likeness (QED) is 0.904. The van der Waals surface area contributed by atoms with Crippen LogP contribution in [0.2, 0.25) is 0 Å². The Morgan fingerprint density at radius 1 is 1.05 bits per heavy atom. The summed E-state index contributed by atoms with van der Waals surface area (Å²) >= 11 is 0. The van der Waals surface area contributed by atoms with Crippen molar-refractivity contribution < 1.29 is 13.2 Å². The molecule has 22 heavy (non-hydrogen) atoms. The molecule has 6 heteroatoms. The standard InChI is InChI=1S/C16H22N2O3S/c19-16(13-7-3-1-4-8-13)17-14-11-22(20,21)12-15(14)18-9-5-2-6-10-18/h1,3-4,7-8,14-15H,2,5-6,9-12H2,(H,17,19). The first-order valence-corrected chi connectivity index (χ1v) is 9.68. The SMILES string of the molecule is O=C(NC1CS(=O)(=O)CC1N1CCCCC1)c1ccccc1. The lowest BCUT2D eigenvalue weighted by Gasteiger charge is -2.35. The van der Waals surface area contributed by atoms with Gasteiger partial charge in [0.15, 0.2) is 9.84 Å². The van der Waals surface area contributed by atoms with Crippen LogP contribution in [0.5, 0.6) is 0 Å². The number of nitrogens with one attached hydrogen (secondary N) is 1. The van der Waals surface area contributed by atoms with E-state index in [9.17, 15) is 13.2 Å². The molecule has 1 amide bonds. The zero-order chi connectivity index (χ0) is 15.6. The molecule has 0 aromatic heterocycles. The normalized spacial score (nSPS) is 28.4. The molecular weight excluding hydrogens is 300 g/mol. The Morgan fingerprint density at radius 3 is 2.41 bits per heavy atom. The Hall–Kier alpha value is -1.40. The molecule has 2 aliphatic rings. The highest BCUT2D eigenvalue weighted by molar-refractivity contribution is 7.91. The molecule has 2 aliphatic heterocycles. The van der Waals surface area contributed by atoms with Gasteiger partial charge in [-0.25, -0.2) is 8.42 Å². The highest BCUT2D eigenvalue weighted by Gasteiger charge is 2.41. The number of sulfone groups is 1. The topological polar surface area (TPSA) is 66.5 Å². The number of benzene rings is 1. The van der Waals surface area contributed by atoms with Crippen molar-refractivity contribution in [2.45, 2.75) is 31.3 Å². The van der Waals surface area contributed by atoms with Crippen LogP contribution < -0.4 is 5.32 Å². The van der Waals surface area contributed by atoms with Crippen LogP contribution in [0.4, 0.5) is 0 Å². The number of hydrogen-bond donors (Lipinski definition) is 1. The predicted molar refractivity (Wildman–Crippen MR) is 85.6 cm³/mol. The Kier molecular flexibility index (Phi) is 4.49. The minimum atomic E-state index is -3.08. The molecule has 1 aromatic rings. The van der Waals surface area contributed by atoms with Gasteiger partial charge in [-0.3, -0.25) is 9.69 Å². The monoisotopic (exact) mass is 322 g/mol. The molecule has 3 rings (SSSR count). The molecule has 2 heterocycles. The van der Waals surface area contributed by atoms with Crippen LogP contribution in [0.25, 0.3) is 0 Å². The van der Waals surface area contributed by atoms with E-state index < -0.39 is 9.84 Å². The van der Waals surface area contributed by atoms with Crippen molar-refractivity contribution in [3.05, 3.63) is 35.9 Å². The van der Waals surface area contributed by atoms with Crippen LogP contribution in [0.3, 0.4) is 0 Å². The van der Waals surface area contributed by atoms with E-state index in [0.717, 1.165) is 25.9 Å². The van der Waals surface area contributed by atoms with Crippen molar-refractivity contribution in [3.8, 4) is 0 Å². The summed E-state index contributed by atoms with van der Waals surface area (Å²) in [7, 11) is -3.08. The van der Waals surface area contributed by atoms with Gasteiger partial charge in [0.1, 0.15) is 0 Å².